The summed E-state index contributed by atoms with van der Waals surface area (Å²) in [7, 11) is 1.71. The van der Waals surface area contributed by atoms with Gasteiger partial charge in [0, 0.05) is 57.4 Å². The third kappa shape index (κ3) is 5.39. The monoisotopic (exact) mass is 492 g/mol. The van der Waals surface area contributed by atoms with Crippen LogP contribution < -0.4 is 9.80 Å². The molecule has 1 aliphatic rings. The van der Waals surface area contributed by atoms with E-state index in [4.69, 9.17) is 19.7 Å². The van der Waals surface area contributed by atoms with Gasteiger partial charge in [0.15, 0.2) is 17.0 Å². The molecule has 0 bridgehead atoms. The van der Waals surface area contributed by atoms with E-state index in [0.29, 0.717) is 38.8 Å². The van der Waals surface area contributed by atoms with Crippen molar-refractivity contribution in [2.45, 2.75) is 39.8 Å². The maximum absolute atomic E-state index is 11.0. The fourth-order valence-corrected chi connectivity index (χ4v) is 4.49. The first-order valence-corrected chi connectivity index (χ1v) is 12.6. The van der Waals surface area contributed by atoms with Crippen LogP contribution in [-0.4, -0.2) is 88.4 Å². The van der Waals surface area contributed by atoms with Gasteiger partial charge in [0.1, 0.15) is 5.82 Å². The summed E-state index contributed by atoms with van der Waals surface area (Å²) in [4.78, 5) is 27.6. The lowest BCUT2D eigenvalue weighted by molar-refractivity contribution is 0.122. The summed E-state index contributed by atoms with van der Waals surface area (Å²) in [5, 5.41) is 11.0. The largest absolute Gasteiger partial charge is 0.387 e. The number of morpholine rings is 1. The predicted molar refractivity (Wildman–Crippen MR) is 144 cm³/mol. The second-order valence-corrected chi connectivity index (χ2v) is 8.67. The summed E-state index contributed by atoms with van der Waals surface area (Å²) >= 11 is 0. The molecule has 3 aromatic heterocycles. The highest BCUT2D eigenvalue weighted by molar-refractivity contribution is 5.88. The van der Waals surface area contributed by atoms with Crippen LogP contribution in [0.2, 0.25) is 0 Å². The molecule has 0 amide bonds. The molecule has 10 heteroatoms. The minimum Gasteiger partial charge on any atom is -0.387 e. The molecule has 1 saturated heterocycles. The lowest BCUT2D eigenvalue weighted by Gasteiger charge is -2.30. The first-order chi connectivity index (χ1) is 17.6. The minimum atomic E-state index is -0.708. The molecule has 0 radical (unpaired) electrons. The second kappa shape index (κ2) is 12.0. The molecule has 1 aliphatic heterocycles. The van der Waals surface area contributed by atoms with Crippen LogP contribution in [0.15, 0.2) is 41.2 Å². The van der Waals surface area contributed by atoms with Crippen molar-refractivity contribution in [1.29, 1.82) is 0 Å². The number of nitrogens with zero attached hydrogens (tertiary/aromatic N) is 8. The predicted octanol–water partition coefficient (Wildman–Crippen LogP) is 2.97. The Morgan fingerprint density at radius 2 is 1.94 bits per heavy atom. The standard InChI is InChI=1S/C26H36N8O2/c1-5-12-33(18-21(35)19(6-2)17-27-4)26-30-24(32-13-15-36-16-14-32)22-25(31-26)34(7-3)23(29-22)20-8-10-28-11-9-20/h6,8-11,17,21,35H,5,7,12-16,18H2,1-4H3/b19-6+,27-17?. The van der Waals surface area contributed by atoms with Gasteiger partial charge in [-0.3, -0.25) is 9.98 Å². The number of hydrogen-bond acceptors (Lipinski definition) is 9. The molecule has 4 heterocycles. The van der Waals surface area contributed by atoms with Crippen molar-refractivity contribution in [1.82, 2.24) is 24.5 Å². The lowest BCUT2D eigenvalue weighted by atomic mass is 10.1. The van der Waals surface area contributed by atoms with Gasteiger partial charge in [0.25, 0.3) is 0 Å². The topological polar surface area (TPSA) is 105 Å². The van der Waals surface area contributed by atoms with Crippen LogP contribution in [0.5, 0.6) is 0 Å². The Morgan fingerprint density at radius 1 is 1.19 bits per heavy atom. The van der Waals surface area contributed by atoms with Crippen LogP contribution in [0.1, 0.15) is 27.2 Å². The van der Waals surface area contributed by atoms with E-state index in [1.54, 1.807) is 25.7 Å². The van der Waals surface area contributed by atoms with Gasteiger partial charge in [-0.25, -0.2) is 4.98 Å². The fraction of sp³-hybridized carbons (Fsp3) is 0.500. The van der Waals surface area contributed by atoms with Crippen molar-refractivity contribution in [2.24, 2.45) is 4.99 Å². The number of rotatable bonds is 10. The molecule has 192 valence electrons. The molecule has 36 heavy (non-hydrogen) atoms. The van der Waals surface area contributed by atoms with Crippen molar-refractivity contribution in [3.8, 4) is 11.4 Å². The molecule has 10 nitrogen and oxygen atoms in total. The summed E-state index contributed by atoms with van der Waals surface area (Å²) in [6.45, 7) is 10.7. The van der Waals surface area contributed by atoms with Gasteiger partial charge < -0.3 is 24.2 Å². The Hall–Kier alpha value is -3.37. The Bertz CT molecular complexity index is 1200. The number of aliphatic hydroxyl groups excluding tert-OH is 1. The number of ether oxygens (including phenoxy) is 1. The molecule has 0 spiro atoms. The molecule has 4 rings (SSSR count). The first-order valence-electron chi connectivity index (χ1n) is 12.6. The number of pyridine rings is 1. The molecule has 0 aromatic carbocycles. The van der Waals surface area contributed by atoms with Crippen LogP contribution in [0.3, 0.4) is 0 Å². The van der Waals surface area contributed by atoms with Crippen LogP contribution >= 0.6 is 0 Å². The number of aryl methyl sites for hydroxylation is 1. The van der Waals surface area contributed by atoms with Crippen molar-refractivity contribution < 1.29 is 9.84 Å². The van der Waals surface area contributed by atoms with E-state index in [2.05, 4.69) is 38.2 Å². The van der Waals surface area contributed by atoms with Crippen LogP contribution in [0.25, 0.3) is 22.6 Å². The first kappa shape index (κ1) is 25.7. The summed E-state index contributed by atoms with van der Waals surface area (Å²) in [6, 6.07) is 3.92. The smallest absolute Gasteiger partial charge is 0.229 e. The van der Waals surface area contributed by atoms with E-state index >= 15 is 0 Å². The van der Waals surface area contributed by atoms with Gasteiger partial charge in [-0.2, -0.15) is 9.97 Å². The van der Waals surface area contributed by atoms with Crippen LogP contribution in [0.4, 0.5) is 11.8 Å². The van der Waals surface area contributed by atoms with E-state index in [0.717, 1.165) is 53.5 Å². The summed E-state index contributed by atoms with van der Waals surface area (Å²) < 4.78 is 7.73. The lowest BCUT2D eigenvalue weighted by Crippen LogP contribution is -2.38. The Balaban J connectivity index is 1.86. The van der Waals surface area contributed by atoms with E-state index in [1.807, 2.05) is 25.1 Å². The molecule has 1 fully saturated rings. The number of aliphatic hydroxyl groups is 1. The molecular weight excluding hydrogens is 456 g/mol. The van der Waals surface area contributed by atoms with E-state index < -0.39 is 6.10 Å². The Morgan fingerprint density at radius 3 is 2.58 bits per heavy atom. The normalized spacial score (nSPS) is 15.7. The quantitative estimate of drug-likeness (QED) is 0.431. The van der Waals surface area contributed by atoms with Gasteiger partial charge >= 0.3 is 0 Å². The number of aliphatic imine (C=N–C) groups is 1. The molecule has 1 unspecified atom stereocenters. The third-order valence-corrected chi connectivity index (χ3v) is 6.30. The summed E-state index contributed by atoms with van der Waals surface area (Å²) in [5.74, 6) is 2.23. The maximum atomic E-state index is 11.0. The minimum absolute atomic E-state index is 0.366. The Labute approximate surface area is 212 Å². The van der Waals surface area contributed by atoms with Crippen LogP contribution in [0, 0.1) is 0 Å². The number of anilines is 2. The zero-order chi connectivity index (χ0) is 25.5. The zero-order valence-corrected chi connectivity index (χ0v) is 21.6. The highest BCUT2D eigenvalue weighted by atomic mass is 16.5. The third-order valence-electron chi connectivity index (χ3n) is 6.30. The average molecular weight is 493 g/mol. The molecular formula is C26H36N8O2. The number of hydrogen-bond donors (Lipinski definition) is 1. The maximum Gasteiger partial charge on any atom is 0.229 e. The van der Waals surface area contributed by atoms with Gasteiger partial charge in [0.2, 0.25) is 5.95 Å². The van der Waals surface area contributed by atoms with Crippen molar-refractivity contribution in [3.63, 3.8) is 0 Å². The highest BCUT2D eigenvalue weighted by Gasteiger charge is 2.25. The molecule has 0 saturated carbocycles. The summed E-state index contributed by atoms with van der Waals surface area (Å²) in [6.07, 6.45) is 7.32. The average Bonchev–Trinajstić information content (AvgIpc) is 3.30. The van der Waals surface area contributed by atoms with Crippen molar-refractivity contribution in [2.75, 3.05) is 56.2 Å². The number of allylic oxidation sites excluding steroid dienone is 1. The summed E-state index contributed by atoms with van der Waals surface area (Å²) in [5.41, 5.74) is 3.31. The van der Waals surface area contributed by atoms with Crippen molar-refractivity contribution in [3.05, 3.63) is 36.2 Å². The zero-order valence-electron chi connectivity index (χ0n) is 21.6. The number of imidazole rings is 1. The molecule has 1 atom stereocenters. The van der Waals surface area contributed by atoms with Crippen LogP contribution in [-0.2, 0) is 11.3 Å². The second-order valence-electron chi connectivity index (χ2n) is 8.67. The molecule has 3 aromatic rings. The molecule has 1 N–H and O–H groups in total. The van der Waals surface area contributed by atoms with Gasteiger partial charge in [-0.05, 0) is 38.0 Å². The van der Waals surface area contributed by atoms with E-state index in [9.17, 15) is 5.11 Å². The highest BCUT2D eigenvalue weighted by Crippen LogP contribution is 2.31. The number of aromatic nitrogens is 5. The Kier molecular flexibility index (Phi) is 8.61. The van der Waals surface area contributed by atoms with Gasteiger partial charge in [-0.1, -0.05) is 13.0 Å². The molecule has 0 aliphatic carbocycles. The SMILES string of the molecule is C/C=C(\C=NC)C(O)CN(CCC)c1nc(N2CCOCC2)c2nc(-c3ccncc3)n(CC)c2n1. The van der Waals surface area contributed by atoms with Gasteiger partial charge in [-0.15, -0.1) is 0 Å². The fourth-order valence-electron chi connectivity index (χ4n) is 4.49. The van der Waals surface area contributed by atoms with Gasteiger partial charge in [0.05, 0.1) is 25.9 Å². The van der Waals surface area contributed by atoms with E-state index in [1.165, 1.54) is 0 Å². The number of fused-ring (bicyclic) bond motifs is 1. The van der Waals surface area contributed by atoms with E-state index in [-0.39, 0.29) is 0 Å². The van der Waals surface area contributed by atoms with Crippen molar-refractivity contribution >= 4 is 29.1 Å².